The molecule has 8 heteroatoms. The number of rotatable bonds is 6. The summed E-state index contributed by atoms with van der Waals surface area (Å²) in [5, 5.41) is 10.6. The lowest BCUT2D eigenvalue weighted by atomic mass is 9.79. The molecule has 2 aromatic carbocycles. The van der Waals surface area contributed by atoms with Crippen molar-refractivity contribution < 1.29 is 9.18 Å². The first-order chi connectivity index (χ1) is 14.1. The van der Waals surface area contributed by atoms with E-state index >= 15 is 0 Å². The molecule has 150 valence electrons. The lowest BCUT2D eigenvalue weighted by Crippen LogP contribution is -2.41. The van der Waals surface area contributed by atoms with Crippen LogP contribution in [0.3, 0.4) is 0 Å². The molecule has 1 fully saturated rings. The van der Waals surface area contributed by atoms with Crippen LogP contribution in [0.1, 0.15) is 31.2 Å². The minimum Gasteiger partial charge on any atom is -0.354 e. The highest BCUT2D eigenvalue weighted by Gasteiger charge is 2.36. The van der Waals surface area contributed by atoms with Crippen molar-refractivity contribution in [1.29, 1.82) is 0 Å². The Morgan fingerprint density at radius 1 is 1.03 bits per heavy atom. The number of para-hydroxylation sites is 1. The number of carbonyl (C=O) groups is 1. The van der Waals surface area contributed by atoms with Gasteiger partial charge in [-0.05, 0) is 53.1 Å². The lowest BCUT2D eigenvalue weighted by Gasteiger charge is -2.30. The number of nitrogens with zero attached hydrogens (tertiary/aromatic N) is 4. The molecule has 1 saturated carbocycles. The quantitative estimate of drug-likeness (QED) is 0.694. The maximum Gasteiger partial charge on any atom is 0.368 e. The average molecular weight is 395 g/mol. The smallest absolute Gasteiger partial charge is 0.354 e. The van der Waals surface area contributed by atoms with Crippen LogP contribution in [0.4, 0.5) is 4.39 Å². The van der Waals surface area contributed by atoms with E-state index in [-0.39, 0.29) is 23.7 Å². The van der Waals surface area contributed by atoms with Gasteiger partial charge in [0.05, 0.1) is 5.69 Å². The van der Waals surface area contributed by atoms with Gasteiger partial charge >= 0.3 is 5.69 Å². The maximum atomic E-state index is 13.3. The highest BCUT2D eigenvalue weighted by Crippen LogP contribution is 2.40. The largest absolute Gasteiger partial charge is 0.368 e. The number of carbonyl (C=O) groups excluding carboxylic acids is 1. The highest BCUT2D eigenvalue weighted by atomic mass is 19.1. The molecule has 0 saturated heterocycles. The van der Waals surface area contributed by atoms with E-state index in [0.717, 1.165) is 40.6 Å². The van der Waals surface area contributed by atoms with E-state index < -0.39 is 5.69 Å². The predicted molar refractivity (Wildman–Crippen MR) is 105 cm³/mol. The van der Waals surface area contributed by atoms with Gasteiger partial charge in [0.2, 0.25) is 5.91 Å². The minimum atomic E-state index is -0.472. The SMILES string of the molecule is O=C(Cn1nnn(-c2ccccc2)c1=O)NCC1(c2ccc(F)cc2)CCCC1. The lowest BCUT2D eigenvalue weighted by molar-refractivity contribution is -0.122. The first-order valence-corrected chi connectivity index (χ1v) is 9.68. The summed E-state index contributed by atoms with van der Waals surface area (Å²) in [5.41, 5.74) is 0.949. The van der Waals surface area contributed by atoms with Crippen LogP contribution >= 0.6 is 0 Å². The molecule has 29 heavy (non-hydrogen) atoms. The molecule has 1 amide bonds. The molecule has 1 heterocycles. The van der Waals surface area contributed by atoms with Crippen molar-refractivity contribution in [1.82, 2.24) is 25.1 Å². The normalized spacial score (nSPS) is 15.3. The molecular weight excluding hydrogens is 373 g/mol. The molecule has 0 aliphatic heterocycles. The molecule has 0 radical (unpaired) electrons. The zero-order valence-corrected chi connectivity index (χ0v) is 15.9. The van der Waals surface area contributed by atoms with Gasteiger partial charge in [-0.2, -0.15) is 9.36 Å². The Balaban J connectivity index is 1.44. The summed E-state index contributed by atoms with van der Waals surface area (Å²) in [6, 6.07) is 15.4. The average Bonchev–Trinajstić information content (AvgIpc) is 3.36. The van der Waals surface area contributed by atoms with Gasteiger partial charge in [0.15, 0.2) is 0 Å². The maximum absolute atomic E-state index is 13.3. The van der Waals surface area contributed by atoms with Gasteiger partial charge in [0.25, 0.3) is 0 Å². The molecule has 1 N–H and O–H groups in total. The molecule has 1 aromatic heterocycles. The van der Waals surface area contributed by atoms with E-state index in [1.807, 2.05) is 6.07 Å². The summed E-state index contributed by atoms with van der Waals surface area (Å²) in [6.07, 6.45) is 4.00. The molecule has 0 unspecified atom stereocenters. The number of hydrogen-bond donors (Lipinski definition) is 1. The third-order valence-electron chi connectivity index (χ3n) is 5.57. The van der Waals surface area contributed by atoms with Crippen molar-refractivity contribution in [3.63, 3.8) is 0 Å². The minimum absolute atomic E-state index is 0.198. The number of halogens is 1. The fourth-order valence-corrected chi connectivity index (χ4v) is 3.99. The number of aromatic nitrogens is 4. The van der Waals surface area contributed by atoms with Crippen molar-refractivity contribution in [3.05, 3.63) is 76.5 Å². The van der Waals surface area contributed by atoms with Gasteiger partial charge in [-0.25, -0.2) is 9.18 Å². The van der Waals surface area contributed by atoms with E-state index in [1.165, 1.54) is 12.1 Å². The fourth-order valence-electron chi connectivity index (χ4n) is 3.99. The summed E-state index contributed by atoms with van der Waals surface area (Å²) in [5.74, 6) is -0.576. The Morgan fingerprint density at radius 2 is 1.72 bits per heavy atom. The zero-order valence-electron chi connectivity index (χ0n) is 15.9. The van der Waals surface area contributed by atoms with Crippen LogP contribution < -0.4 is 11.0 Å². The molecule has 7 nitrogen and oxygen atoms in total. The van der Waals surface area contributed by atoms with Crippen molar-refractivity contribution in [3.8, 4) is 5.69 Å². The number of benzene rings is 2. The van der Waals surface area contributed by atoms with Crippen LogP contribution in [-0.4, -0.2) is 32.2 Å². The van der Waals surface area contributed by atoms with Crippen LogP contribution in [0, 0.1) is 5.82 Å². The number of nitrogens with one attached hydrogen (secondary N) is 1. The van der Waals surface area contributed by atoms with Crippen molar-refractivity contribution in [2.45, 2.75) is 37.6 Å². The molecular formula is C21H22FN5O2. The number of amides is 1. The van der Waals surface area contributed by atoms with Gasteiger partial charge in [0, 0.05) is 12.0 Å². The van der Waals surface area contributed by atoms with Crippen LogP contribution in [0.2, 0.25) is 0 Å². The van der Waals surface area contributed by atoms with Gasteiger partial charge in [-0.1, -0.05) is 43.2 Å². The van der Waals surface area contributed by atoms with E-state index in [2.05, 4.69) is 15.7 Å². The third kappa shape index (κ3) is 3.96. The van der Waals surface area contributed by atoms with E-state index in [4.69, 9.17) is 0 Å². The molecule has 4 rings (SSSR count). The van der Waals surface area contributed by atoms with Crippen LogP contribution in [-0.2, 0) is 16.8 Å². The van der Waals surface area contributed by atoms with Gasteiger partial charge in [0.1, 0.15) is 12.4 Å². The zero-order chi connectivity index (χ0) is 20.3. The second-order valence-electron chi connectivity index (χ2n) is 7.44. The second-order valence-corrected chi connectivity index (χ2v) is 7.44. The van der Waals surface area contributed by atoms with Gasteiger partial charge in [-0.15, -0.1) is 0 Å². The first kappa shape index (κ1) is 19.0. The Hall–Kier alpha value is -3.29. The third-order valence-corrected chi connectivity index (χ3v) is 5.57. The summed E-state index contributed by atoms with van der Waals surface area (Å²) in [4.78, 5) is 25.0. The summed E-state index contributed by atoms with van der Waals surface area (Å²) >= 11 is 0. The van der Waals surface area contributed by atoms with Crippen molar-refractivity contribution in [2.75, 3.05) is 6.54 Å². The topological polar surface area (TPSA) is 81.8 Å². The summed E-state index contributed by atoms with van der Waals surface area (Å²) in [6.45, 7) is 0.240. The molecule has 0 spiro atoms. The molecule has 3 aromatic rings. The molecule has 0 bridgehead atoms. The number of hydrogen-bond acceptors (Lipinski definition) is 4. The fraction of sp³-hybridized carbons (Fsp3) is 0.333. The van der Waals surface area contributed by atoms with Crippen LogP contribution in [0.15, 0.2) is 59.4 Å². The van der Waals surface area contributed by atoms with Crippen molar-refractivity contribution >= 4 is 5.91 Å². The van der Waals surface area contributed by atoms with Gasteiger partial charge in [-0.3, -0.25) is 4.79 Å². The molecule has 1 aliphatic carbocycles. The predicted octanol–water partition coefficient (Wildman–Crippen LogP) is 2.20. The Labute approximate surface area is 167 Å². The van der Waals surface area contributed by atoms with E-state index in [9.17, 15) is 14.0 Å². The number of tetrazole rings is 1. The Morgan fingerprint density at radius 3 is 2.41 bits per heavy atom. The van der Waals surface area contributed by atoms with Gasteiger partial charge < -0.3 is 5.32 Å². The molecule has 1 aliphatic rings. The van der Waals surface area contributed by atoms with Crippen molar-refractivity contribution in [2.24, 2.45) is 0 Å². The standard InChI is InChI=1S/C21H22FN5O2/c22-17-10-8-16(9-11-17)21(12-4-5-13-21)15-23-19(28)14-26-20(29)27(25-24-26)18-6-2-1-3-7-18/h1-3,6-11H,4-5,12-15H2,(H,23,28). The van der Waals surface area contributed by atoms with E-state index in [1.54, 1.807) is 36.4 Å². The monoisotopic (exact) mass is 395 g/mol. The summed E-state index contributed by atoms with van der Waals surface area (Å²) in [7, 11) is 0. The second kappa shape index (κ2) is 7.98. The first-order valence-electron chi connectivity index (χ1n) is 9.68. The Bertz CT molecular complexity index is 1040. The highest BCUT2D eigenvalue weighted by molar-refractivity contribution is 5.75. The molecule has 0 atom stereocenters. The Kier molecular flexibility index (Phi) is 5.24. The van der Waals surface area contributed by atoms with E-state index in [0.29, 0.717) is 12.2 Å². The summed E-state index contributed by atoms with van der Waals surface area (Å²) < 4.78 is 15.5. The van der Waals surface area contributed by atoms with Crippen LogP contribution in [0.5, 0.6) is 0 Å². The van der Waals surface area contributed by atoms with Crippen LogP contribution in [0.25, 0.3) is 5.69 Å².